The fourth-order valence-corrected chi connectivity index (χ4v) is 1.41. The molecule has 1 aliphatic heterocycles. The summed E-state index contributed by atoms with van der Waals surface area (Å²) in [6.07, 6.45) is 2.21. The summed E-state index contributed by atoms with van der Waals surface area (Å²) < 4.78 is 0. The Kier molecular flexibility index (Phi) is 3.98. The molecule has 0 aromatic carbocycles. The van der Waals surface area contributed by atoms with E-state index in [1.165, 1.54) is 0 Å². The third-order valence-electron chi connectivity index (χ3n) is 2.11. The molecule has 0 spiro atoms. The third kappa shape index (κ3) is 2.73. The van der Waals surface area contributed by atoms with Gasteiger partial charge in [0.1, 0.15) is 0 Å². The van der Waals surface area contributed by atoms with Crippen LogP contribution in [0.4, 0.5) is 0 Å². The minimum absolute atomic E-state index is 0.220. The zero-order valence-corrected chi connectivity index (χ0v) is 7.99. The number of hydrogen-bond acceptors (Lipinski definition) is 3. The third-order valence-corrected chi connectivity index (χ3v) is 2.11. The molecule has 0 aromatic rings. The van der Waals surface area contributed by atoms with Crippen LogP contribution in [-0.4, -0.2) is 36.0 Å². The number of hydroxylamine groups is 2. The van der Waals surface area contributed by atoms with E-state index >= 15 is 0 Å². The molecule has 0 aliphatic carbocycles. The smallest absolute Gasteiger partial charge is 0.0708 e. The topological polar surface area (TPSA) is 32.7 Å². The van der Waals surface area contributed by atoms with Crippen molar-refractivity contribution in [1.82, 2.24) is 5.06 Å². The maximum atomic E-state index is 8.98. The fourth-order valence-electron chi connectivity index (χ4n) is 1.41. The van der Waals surface area contributed by atoms with Crippen molar-refractivity contribution in [2.75, 3.05) is 19.8 Å². The molecule has 0 aromatic heterocycles. The molecule has 3 nitrogen and oxygen atoms in total. The number of aliphatic hydroxyl groups is 1. The van der Waals surface area contributed by atoms with Gasteiger partial charge in [0.2, 0.25) is 0 Å². The highest BCUT2D eigenvalue weighted by molar-refractivity contribution is 4.72. The van der Waals surface area contributed by atoms with Crippen molar-refractivity contribution >= 4 is 0 Å². The van der Waals surface area contributed by atoms with Crippen molar-refractivity contribution in [2.24, 2.45) is 5.92 Å². The summed E-state index contributed by atoms with van der Waals surface area (Å²) in [5.74, 6) is 0.560. The zero-order valence-electron chi connectivity index (χ0n) is 7.99. The Balaban J connectivity index is 2.21. The monoisotopic (exact) mass is 173 g/mol. The minimum atomic E-state index is 0.220. The molecule has 3 heteroatoms. The van der Waals surface area contributed by atoms with Gasteiger partial charge in [-0.25, -0.2) is 0 Å². The molecule has 12 heavy (non-hydrogen) atoms. The van der Waals surface area contributed by atoms with Gasteiger partial charge in [-0.1, -0.05) is 13.8 Å². The molecular formula is C9H19NO2. The summed E-state index contributed by atoms with van der Waals surface area (Å²) in [6, 6.07) is 0.240. The minimum Gasteiger partial charge on any atom is -0.395 e. The maximum Gasteiger partial charge on any atom is 0.0708 e. The van der Waals surface area contributed by atoms with E-state index < -0.39 is 0 Å². The van der Waals surface area contributed by atoms with Gasteiger partial charge in [-0.3, -0.25) is 4.84 Å². The van der Waals surface area contributed by atoms with Crippen molar-refractivity contribution in [3.05, 3.63) is 0 Å². The summed E-state index contributed by atoms with van der Waals surface area (Å²) in [5.41, 5.74) is 0. The molecule has 0 saturated carbocycles. The van der Waals surface area contributed by atoms with Crippen molar-refractivity contribution < 1.29 is 9.94 Å². The zero-order chi connectivity index (χ0) is 8.97. The normalized spacial score (nSPS) is 25.5. The van der Waals surface area contributed by atoms with Crippen molar-refractivity contribution in [3.63, 3.8) is 0 Å². The Hall–Kier alpha value is -0.120. The second-order valence-electron chi connectivity index (χ2n) is 3.81. The Morgan fingerprint density at radius 2 is 2.33 bits per heavy atom. The Morgan fingerprint density at radius 3 is 2.92 bits per heavy atom. The summed E-state index contributed by atoms with van der Waals surface area (Å²) in [7, 11) is 0. The van der Waals surface area contributed by atoms with Gasteiger partial charge in [0.25, 0.3) is 0 Å². The Labute approximate surface area is 74.3 Å². The van der Waals surface area contributed by atoms with Crippen LogP contribution in [-0.2, 0) is 4.84 Å². The van der Waals surface area contributed by atoms with Gasteiger partial charge >= 0.3 is 0 Å². The van der Waals surface area contributed by atoms with Gasteiger partial charge in [-0.15, -0.1) is 0 Å². The second-order valence-corrected chi connectivity index (χ2v) is 3.81. The SMILES string of the molecule is CC(C)CON1CCC[C@H]1CO. The molecule has 1 fully saturated rings. The quantitative estimate of drug-likeness (QED) is 0.689. The van der Waals surface area contributed by atoms with Crippen LogP contribution in [0.15, 0.2) is 0 Å². The highest BCUT2D eigenvalue weighted by Gasteiger charge is 2.24. The van der Waals surface area contributed by atoms with E-state index in [1.54, 1.807) is 0 Å². The van der Waals surface area contributed by atoms with E-state index in [0.717, 1.165) is 26.0 Å². The van der Waals surface area contributed by atoms with Crippen LogP contribution in [0.3, 0.4) is 0 Å². The molecular weight excluding hydrogens is 154 g/mol. The lowest BCUT2D eigenvalue weighted by Crippen LogP contribution is -2.33. The summed E-state index contributed by atoms with van der Waals surface area (Å²) in [4.78, 5) is 5.54. The van der Waals surface area contributed by atoms with Gasteiger partial charge in [0, 0.05) is 6.54 Å². The van der Waals surface area contributed by atoms with Gasteiger partial charge in [-0.05, 0) is 18.8 Å². The first kappa shape index (κ1) is 9.96. The highest BCUT2D eigenvalue weighted by atomic mass is 16.7. The van der Waals surface area contributed by atoms with Crippen LogP contribution in [0.25, 0.3) is 0 Å². The molecule has 0 unspecified atom stereocenters. The van der Waals surface area contributed by atoms with Crippen LogP contribution < -0.4 is 0 Å². The summed E-state index contributed by atoms with van der Waals surface area (Å²) >= 11 is 0. The summed E-state index contributed by atoms with van der Waals surface area (Å²) in [6.45, 7) is 6.21. The molecule has 0 bridgehead atoms. The van der Waals surface area contributed by atoms with E-state index in [2.05, 4.69) is 13.8 Å². The summed E-state index contributed by atoms with van der Waals surface area (Å²) in [5, 5.41) is 10.9. The predicted molar refractivity (Wildman–Crippen MR) is 47.6 cm³/mol. The van der Waals surface area contributed by atoms with Gasteiger partial charge in [-0.2, -0.15) is 5.06 Å². The van der Waals surface area contributed by atoms with Crippen molar-refractivity contribution in [1.29, 1.82) is 0 Å². The molecule has 1 heterocycles. The lowest BCUT2D eigenvalue weighted by Gasteiger charge is -2.22. The van der Waals surface area contributed by atoms with Crippen LogP contribution in [0.1, 0.15) is 26.7 Å². The predicted octanol–water partition coefficient (Wildman–Crippen LogP) is 1.03. The molecule has 1 aliphatic rings. The highest BCUT2D eigenvalue weighted by Crippen LogP contribution is 2.17. The number of rotatable bonds is 4. The Bertz CT molecular complexity index is 128. The average molecular weight is 173 g/mol. The first-order chi connectivity index (χ1) is 5.74. The largest absolute Gasteiger partial charge is 0.395 e. The number of hydrogen-bond donors (Lipinski definition) is 1. The first-order valence-electron chi connectivity index (χ1n) is 4.74. The molecule has 0 radical (unpaired) electrons. The number of aliphatic hydroxyl groups excluding tert-OH is 1. The van der Waals surface area contributed by atoms with Gasteiger partial charge in [0.05, 0.1) is 19.3 Å². The van der Waals surface area contributed by atoms with Crippen LogP contribution >= 0.6 is 0 Å². The first-order valence-corrected chi connectivity index (χ1v) is 4.74. The van der Waals surface area contributed by atoms with E-state index in [0.29, 0.717) is 5.92 Å². The van der Waals surface area contributed by atoms with Crippen molar-refractivity contribution in [3.8, 4) is 0 Å². The lowest BCUT2D eigenvalue weighted by molar-refractivity contribution is -0.182. The second kappa shape index (κ2) is 4.80. The lowest BCUT2D eigenvalue weighted by atomic mass is 10.2. The number of nitrogens with zero attached hydrogens (tertiary/aromatic N) is 1. The average Bonchev–Trinajstić information content (AvgIpc) is 2.47. The van der Waals surface area contributed by atoms with Crippen LogP contribution in [0.5, 0.6) is 0 Å². The van der Waals surface area contributed by atoms with Crippen LogP contribution in [0, 0.1) is 5.92 Å². The maximum absolute atomic E-state index is 8.98. The van der Waals surface area contributed by atoms with Gasteiger partial charge < -0.3 is 5.11 Å². The molecule has 1 N–H and O–H groups in total. The van der Waals surface area contributed by atoms with Crippen molar-refractivity contribution in [2.45, 2.75) is 32.7 Å². The van der Waals surface area contributed by atoms with E-state index in [4.69, 9.17) is 9.94 Å². The van der Waals surface area contributed by atoms with E-state index in [9.17, 15) is 0 Å². The molecule has 1 atom stereocenters. The Morgan fingerprint density at radius 1 is 1.58 bits per heavy atom. The standard InChI is InChI=1S/C9H19NO2/c1-8(2)7-12-10-5-3-4-9(10)6-11/h8-9,11H,3-7H2,1-2H3/t9-/m0/s1. The van der Waals surface area contributed by atoms with Crippen LogP contribution in [0.2, 0.25) is 0 Å². The van der Waals surface area contributed by atoms with Gasteiger partial charge in [0.15, 0.2) is 0 Å². The van der Waals surface area contributed by atoms with E-state index in [1.807, 2.05) is 5.06 Å². The molecule has 1 rings (SSSR count). The fraction of sp³-hybridized carbons (Fsp3) is 1.00. The molecule has 1 saturated heterocycles. The van der Waals surface area contributed by atoms with E-state index in [-0.39, 0.29) is 12.6 Å². The molecule has 0 amide bonds. The molecule has 72 valence electrons.